The quantitative estimate of drug-likeness (QED) is 0.352. The first-order chi connectivity index (χ1) is 17.0. The van der Waals surface area contributed by atoms with Gasteiger partial charge in [0.1, 0.15) is 5.75 Å². The summed E-state index contributed by atoms with van der Waals surface area (Å²) in [6.07, 6.45) is 1.75. The number of para-hydroxylation sites is 2. The standard InChI is InChI=1S/C27H29N3O4S/c1-4-5-15-34-23(31)17-35-27-20(16-28)25(19-11-7-6-8-12-19)24(18(2)29-27)26(32)30-21-13-9-10-14-22(21)33-3/h6-14,25,29H,4-5,15,17H2,1-3H3,(H,30,32). The Kier molecular flexibility index (Phi) is 9.39. The molecule has 0 saturated carbocycles. The molecule has 0 aromatic heterocycles. The molecule has 0 fully saturated rings. The van der Waals surface area contributed by atoms with Gasteiger partial charge in [-0.05, 0) is 31.0 Å². The summed E-state index contributed by atoms with van der Waals surface area (Å²) in [6, 6.07) is 18.8. The maximum absolute atomic E-state index is 13.5. The fraction of sp³-hybridized carbons (Fsp3) is 0.296. The van der Waals surface area contributed by atoms with Crippen molar-refractivity contribution in [3.63, 3.8) is 0 Å². The molecule has 1 unspecified atom stereocenters. The maximum atomic E-state index is 13.5. The number of methoxy groups -OCH3 is 1. The fourth-order valence-corrected chi connectivity index (χ4v) is 4.64. The van der Waals surface area contributed by atoms with Crippen molar-refractivity contribution in [1.29, 1.82) is 5.26 Å². The van der Waals surface area contributed by atoms with Crippen LogP contribution in [0.2, 0.25) is 0 Å². The average molecular weight is 492 g/mol. The van der Waals surface area contributed by atoms with Gasteiger partial charge in [-0.2, -0.15) is 5.26 Å². The zero-order chi connectivity index (χ0) is 25.2. The largest absolute Gasteiger partial charge is 0.495 e. The lowest BCUT2D eigenvalue weighted by molar-refractivity contribution is -0.140. The Labute approximate surface area is 210 Å². The fourth-order valence-electron chi connectivity index (χ4n) is 3.75. The number of hydrogen-bond donors (Lipinski definition) is 2. The van der Waals surface area contributed by atoms with Gasteiger partial charge in [0.15, 0.2) is 0 Å². The Morgan fingerprint density at radius 2 is 1.86 bits per heavy atom. The first kappa shape index (κ1) is 25.9. The SMILES string of the molecule is CCCCOC(=O)CSC1=C(C#N)C(c2ccccc2)C(C(=O)Nc2ccccc2OC)=C(C)N1. The van der Waals surface area contributed by atoms with E-state index in [-0.39, 0.29) is 17.6 Å². The van der Waals surface area contributed by atoms with Crippen LogP contribution in [-0.4, -0.2) is 31.3 Å². The monoisotopic (exact) mass is 491 g/mol. The lowest BCUT2D eigenvalue weighted by Gasteiger charge is -2.30. The third-order valence-corrected chi connectivity index (χ3v) is 6.47. The Bertz CT molecular complexity index is 1170. The topological polar surface area (TPSA) is 100 Å². The number of rotatable bonds is 10. The van der Waals surface area contributed by atoms with Crippen LogP contribution in [0.5, 0.6) is 5.75 Å². The van der Waals surface area contributed by atoms with Gasteiger partial charge >= 0.3 is 5.97 Å². The van der Waals surface area contributed by atoms with Crippen molar-refractivity contribution in [1.82, 2.24) is 5.32 Å². The van der Waals surface area contributed by atoms with Crippen molar-refractivity contribution in [2.45, 2.75) is 32.6 Å². The van der Waals surface area contributed by atoms with Gasteiger partial charge in [0.25, 0.3) is 5.91 Å². The summed E-state index contributed by atoms with van der Waals surface area (Å²) in [4.78, 5) is 25.7. The minimum absolute atomic E-state index is 0.0642. The summed E-state index contributed by atoms with van der Waals surface area (Å²) < 4.78 is 10.6. The Morgan fingerprint density at radius 1 is 1.14 bits per heavy atom. The Balaban J connectivity index is 1.93. The van der Waals surface area contributed by atoms with E-state index in [0.717, 1.165) is 18.4 Å². The normalized spacial score (nSPS) is 15.2. The second kappa shape index (κ2) is 12.7. The molecule has 3 rings (SSSR count). The van der Waals surface area contributed by atoms with Crippen LogP contribution in [0.1, 0.15) is 38.2 Å². The van der Waals surface area contributed by atoms with Crippen LogP contribution in [0, 0.1) is 11.3 Å². The molecular weight excluding hydrogens is 462 g/mol. The second-order valence-corrected chi connectivity index (χ2v) is 8.86. The molecule has 7 nitrogen and oxygen atoms in total. The molecule has 0 saturated heterocycles. The molecule has 0 spiro atoms. The molecule has 1 amide bonds. The lowest BCUT2D eigenvalue weighted by Crippen LogP contribution is -2.31. The number of ether oxygens (including phenoxy) is 2. The molecular formula is C27H29N3O4S. The van der Waals surface area contributed by atoms with E-state index in [1.807, 2.05) is 49.4 Å². The number of nitrogens with one attached hydrogen (secondary N) is 2. The van der Waals surface area contributed by atoms with E-state index in [2.05, 4.69) is 16.7 Å². The number of allylic oxidation sites excluding steroid dienone is 2. The van der Waals surface area contributed by atoms with E-state index in [0.29, 0.717) is 39.9 Å². The van der Waals surface area contributed by atoms with Gasteiger partial charge in [-0.1, -0.05) is 67.6 Å². The molecule has 0 radical (unpaired) electrons. The summed E-state index contributed by atoms with van der Waals surface area (Å²) in [5, 5.41) is 16.8. The molecule has 8 heteroatoms. The molecule has 2 N–H and O–H groups in total. The first-order valence-corrected chi connectivity index (χ1v) is 12.4. The number of amides is 1. The van der Waals surface area contributed by atoms with Gasteiger partial charge in [-0.15, -0.1) is 0 Å². The van der Waals surface area contributed by atoms with Crippen molar-refractivity contribution in [2.24, 2.45) is 0 Å². The number of benzene rings is 2. The van der Waals surface area contributed by atoms with E-state index in [1.54, 1.807) is 19.1 Å². The molecule has 1 heterocycles. The van der Waals surface area contributed by atoms with Gasteiger partial charge in [0, 0.05) is 11.3 Å². The smallest absolute Gasteiger partial charge is 0.316 e. The summed E-state index contributed by atoms with van der Waals surface area (Å²) in [6.45, 7) is 4.20. The van der Waals surface area contributed by atoms with E-state index in [1.165, 1.54) is 18.9 Å². The predicted molar refractivity (Wildman–Crippen MR) is 138 cm³/mol. The predicted octanol–water partition coefficient (Wildman–Crippen LogP) is 5.11. The van der Waals surface area contributed by atoms with Crippen LogP contribution in [-0.2, 0) is 14.3 Å². The zero-order valence-electron chi connectivity index (χ0n) is 20.1. The summed E-state index contributed by atoms with van der Waals surface area (Å²) >= 11 is 1.21. The van der Waals surface area contributed by atoms with Gasteiger partial charge in [-0.3, -0.25) is 9.59 Å². The van der Waals surface area contributed by atoms with Crippen molar-refractivity contribution in [3.8, 4) is 11.8 Å². The van der Waals surface area contributed by atoms with E-state index >= 15 is 0 Å². The van der Waals surface area contributed by atoms with Crippen LogP contribution < -0.4 is 15.4 Å². The molecule has 0 bridgehead atoms. The number of dihydropyridines is 1. The van der Waals surface area contributed by atoms with E-state index in [9.17, 15) is 14.9 Å². The first-order valence-electron chi connectivity index (χ1n) is 11.4. The maximum Gasteiger partial charge on any atom is 0.316 e. The average Bonchev–Trinajstić information content (AvgIpc) is 2.87. The summed E-state index contributed by atoms with van der Waals surface area (Å²) in [5.41, 5.74) is 2.74. The van der Waals surface area contributed by atoms with Crippen molar-refractivity contribution in [2.75, 3.05) is 24.8 Å². The highest BCUT2D eigenvalue weighted by atomic mass is 32.2. The number of carbonyl (C=O) groups is 2. The van der Waals surface area contributed by atoms with E-state index < -0.39 is 5.92 Å². The van der Waals surface area contributed by atoms with Gasteiger partial charge < -0.3 is 20.1 Å². The van der Waals surface area contributed by atoms with Gasteiger partial charge in [-0.25, -0.2) is 0 Å². The molecule has 35 heavy (non-hydrogen) atoms. The molecule has 1 atom stereocenters. The molecule has 2 aromatic rings. The second-order valence-electron chi connectivity index (χ2n) is 7.88. The lowest BCUT2D eigenvalue weighted by atomic mass is 9.82. The minimum atomic E-state index is -0.601. The van der Waals surface area contributed by atoms with Crippen molar-refractivity contribution < 1.29 is 19.1 Å². The van der Waals surface area contributed by atoms with E-state index in [4.69, 9.17) is 9.47 Å². The zero-order valence-corrected chi connectivity index (χ0v) is 20.9. The third kappa shape index (κ3) is 6.46. The number of anilines is 1. The van der Waals surface area contributed by atoms with Crippen LogP contribution in [0.25, 0.3) is 0 Å². The highest BCUT2D eigenvalue weighted by molar-refractivity contribution is 8.03. The number of nitriles is 1. The van der Waals surface area contributed by atoms with Crippen LogP contribution in [0.3, 0.4) is 0 Å². The molecule has 1 aliphatic heterocycles. The summed E-state index contributed by atoms with van der Waals surface area (Å²) in [7, 11) is 1.54. The number of thioether (sulfide) groups is 1. The summed E-state index contributed by atoms with van der Waals surface area (Å²) in [5.74, 6) is -0.685. The van der Waals surface area contributed by atoms with Crippen LogP contribution in [0.4, 0.5) is 5.69 Å². The highest BCUT2D eigenvalue weighted by Gasteiger charge is 2.35. The number of unbranched alkanes of at least 4 members (excludes halogenated alkanes) is 1. The third-order valence-electron chi connectivity index (χ3n) is 5.48. The van der Waals surface area contributed by atoms with Crippen molar-refractivity contribution in [3.05, 3.63) is 82.0 Å². The van der Waals surface area contributed by atoms with Gasteiger partial charge in [0.05, 0.1) is 47.7 Å². The van der Waals surface area contributed by atoms with Gasteiger partial charge in [0.2, 0.25) is 0 Å². The minimum Gasteiger partial charge on any atom is -0.495 e. The molecule has 2 aromatic carbocycles. The number of nitrogens with zero attached hydrogens (tertiary/aromatic N) is 1. The van der Waals surface area contributed by atoms with Crippen molar-refractivity contribution >= 4 is 29.3 Å². The Hall–Kier alpha value is -3.70. The molecule has 1 aliphatic rings. The van der Waals surface area contributed by atoms with Crippen LogP contribution >= 0.6 is 11.8 Å². The number of esters is 1. The van der Waals surface area contributed by atoms with Crippen LogP contribution in [0.15, 0.2) is 76.5 Å². The molecule has 0 aliphatic carbocycles. The Morgan fingerprint density at radius 3 is 2.54 bits per heavy atom. The molecule has 182 valence electrons. The highest BCUT2D eigenvalue weighted by Crippen LogP contribution is 2.41. The number of hydrogen-bond acceptors (Lipinski definition) is 7. The number of carbonyl (C=O) groups excluding carboxylic acids is 2.